The molecule has 0 amide bonds. The maximum absolute atomic E-state index is 13.2. The van der Waals surface area contributed by atoms with Gasteiger partial charge < -0.3 is 5.73 Å². The molecule has 2 rings (SSSR count). The van der Waals surface area contributed by atoms with Crippen LogP contribution in [0.4, 0.5) is 4.39 Å². The number of nitrogens with two attached hydrogens (primary N) is 1. The van der Waals surface area contributed by atoms with E-state index in [1.807, 2.05) is 0 Å². The summed E-state index contributed by atoms with van der Waals surface area (Å²) >= 11 is 3.15. The van der Waals surface area contributed by atoms with Crippen molar-refractivity contribution < 1.29 is 4.39 Å². The maximum Gasteiger partial charge on any atom is 0.182 e. The van der Waals surface area contributed by atoms with Gasteiger partial charge in [-0.2, -0.15) is 0 Å². The zero-order valence-electron chi connectivity index (χ0n) is 9.68. The highest BCUT2D eigenvalue weighted by Crippen LogP contribution is 2.23. The van der Waals surface area contributed by atoms with Gasteiger partial charge in [0.2, 0.25) is 0 Å². The minimum atomic E-state index is -0.305. The number of hydrogen-bond donors (Lipinski definition) is 1. The third-order valence-corrected chi connectivity index (χ3v) is 3.14. The molecule has 1 heterocycles. The Morgan fingerprint density at radius 1 is 1.33 bits per heavy atom. The van der Waals surface area contributed by atoms with E-state index < -0.39 is 0 Å². The van der Waals surface area contributed by atoms with Crippen LogP contribution in [0, 0.1) is 5.82 Å². The van der Waals surface area contributed by atoms with Crippen LogP contribution in [0.1, 0.15) is 12.8 Å². The van der Waals surface area contributed by atoms with Crippen LogP contribution in [0.2, 0.25) is 0 Å². The summed E-state index contributed by atoms with van der Waals surface area (Å²) in [6.07, 6.45) is 1.84. The predicted molar refractivity (Wildman–Crippen MR) is 69.2 cm³/mol. The number of tetrazole rings is 1. The lowest BCUT2D eigenvalue weighted by Gasteiger charge is -2.04. The molecule has 1 aromatic carbocycles. The minimum absolute atomic E-state index is 0.305. The Labute approximate surface area is 112 Å². The van der Waals surface area contributed by atoms with Gasteiger partial charge in [-0.25, -0.2) is 9.07 Å². The molecule has 0 aliphatic rings. The minimum Gasteiger partial charge on any atom is -0.330 e. The molecule has 0 saturated carbocycles. The van der Waals surface area contributed by atoms with Gasteiger partial charge in [0.25, 0.3) is 0 Å². The van der Waals surface area contributed by atoms with Gasteiger partial charge in [-0.3, -0.25) is 0 Å². The highest BCUT2D eigenvalue weighted by Gasteiger charge is 2.10. The monoisotopic (exact) mass is 313 g/mol. The molecule has 0 spiro atoms. The van der Waals surface area contributed by atoms with Crippen LogP contribution in [0.25, 0.3) is 11.4 Å². The van der Waals surface area contributed by atoms with Gasteiger partial charge in [-0.1, -0.05) is 0 Å². The van der Waals surface area contributed by atoms with Gasteiger partial charge in [0.1, 0.15) is 5.82 Å². The van der Waals surface area contributed by atoms with Gasteiger partial charge in [0.05, 0.1) is 4.47 Å². The van der Waals surface area contributed by atoms with Gasteiger partial charge in [0, 0.05) is 12.1 Å². The van der Waals surface area contributed by atoms with E-state index in [0.29, 0.717) is 23.4 Å². The standard InChI is InChI=1S/C11H13BrFN5/c12-9-7-8(3-4-10(9)13)11-15-16-17-18(11)6-2-1-5-14/h3-4,7H,1-2,5-6,14H2. The molecule has 96 valence electrons. The Bertz CT molecular complexity index is 528. The lowest BCUT2D eigenvalue weighted by molar-refractivity contribution is 0.548. The van der Waals surface area contributed by atoms with Crippen molar-refractivity contribution in [2.24, 2.45) is 5.73 Å². The summed E-state index contributed by atoms with van der Waals surface area (Å²) in [4.78, 5) is 0. The highest BCUT2D eigenvalue weighted by atomic mass is 79.9. The topological polar surface area (TPSA) is 69.6 Å². The second-order valence-corrected chi connectivity index (χ2v) is 4.70. The molecule has 0 fully saturated rings. The normalized spacial score (nSPS) is 10.8. The Balaban J connectivity index is 2.22. The Hall–Kier alpha value is -1.34. The molecule has 0 aliphatic heterocycles. The van der Waals surface area contributed by atoms with Crippen molar-refractivity contribution in [3.8, 4) is 11.4 Å². The average Bonchev–Trinajstić information content (AvgIpc) is 2.81. The molecule has 2 N–H and O–H groups in total. The van der Waals surface area contributed by atoms with Crippen LogP contribution in [-0.4, -0.2) is 26.8 Å². The quantitative estimate of drug-likeness (QED) is 0.857. The van der Waals surface area contributed by atoms with Crippen LogP contribution in [0.5, 0.6) is 0 Å². The second-order valence-electron chi connectivity index (χ2n) is 3.85. The first-order valence-electron chi connectivity index (χ1n) is 5.64. The van der Waals surface area contributed by atoms with Crippen molar-refractivity contribution in [3.63, 3.8) is 0 Å². The second kappa shape index (κ2) is 6.01. The Morgan fingerprint density at radius 2 is 2.17 bits per heavy atom. The summed E-state index contributed by atoms with van der Waals surface area (Å²) in [5.41, 5.74) is 6.22. The largest absolute Gasteiger partial charge is 0.330 e. The van der Waals surface area contributed by atoms with Crippen molar-refractivity contribution in [3.05, 3.63) is 28.5 Å². The Kier molecular flexibility index (Phi) is 4.38. The van der Waals surface area contributed by atoms with Crippen molar-refractivity contribution >= 4 is 15.9 Å². The van der Waals surface area contributed by atoms with E-state index >= 15 is 0 Å². The molecule has 0 radical (unpaired) electrons. The van der Waals surface area contributed by atoms with Crippen molar-refractivity contribution in [2.75, 3.05) is 6.54 Å². The fourth-order valence-electron chi connectivity index (χ4n) is 1.60. The van der Waals surface area contributed by atoms with Crippen molar-refractivity contribution in [1.29, 1.82) is 0 Å². The van der Waals surface area contributed by atoms with Gasteiger partial charge in [-0.05, 0) is 63.9 Å². The molecule has 1 aromatic heterocycles. The maximum atomic E-state index is 13.2. The first kappa shape index (κ1) is 13.1. The van der Waals surface area contributed by atoms with Crippen LogP contribution in [0.15, 0.2) is 22.7 Å². The zero-order valence-corrected chi connectivity index (χ0v) is 11.3. The van der Waals surface area contributed by atoms with Crippen LogP contribution in [0.3, 0.4) is 0 Å². The fourth-order valence-corrected chi connectivity index (χ4v) is 1.98. The smallest absolute Gasteiger partial charge is 0.182 e. The van der Waals surface area contributed by atoms with Crippen molar-refractivity contribution in [1.82, 2.24) is 20.2 Å². The fraction of sp³-hybridized carbons (Fsp3) is 0.364. The number of hydrogen-bond acceptors (Lipinski definition) is 4. The van der Waals surface area contributed by atoms with E-state index in [4.69, 9.17) is 5.73 Å². The third kappa shape index (κ3) is 2.91. The van der Waals surface area contributed by atoms with E-state index in [9.17, 15) is 4.39 Å². The molecule has 2 aromatic rings. The summed E-state index contributed by atoms with van der Waals surface area (Å²) in [5.74, 6) is 0.327. The van der Waals surface area contributed by atoms with Crippen LogP contribution in [-0.2, 0) is 6.54 Å². The number of rotatable bonds is 5. The lowest BCUT2D eigenvalue weighted by Crippen LogP contribution is -2.06. The Morgan fingerprint density at radius 3 is 2.89 bits per heavy atom. The van der Waals surface area contributed by atoms with Crippen LogP contribution >= 0.6 is 15.9 Å². The highest BCUT2D eigenvalue weighted by molar-refractivity contribution is 9.10. The van der Waals surface area contributed by atoms with E-state index in [0.717, 1.165) is 18.4 Å². The summed E-state index contributed by atoms with van der Waals surface area (Å²) in [7, 11) is 0. The molecule has 18 heavy (non-hydrogen) atoms. The first-order valence-corrected chi connectivity index (χ1v) is 6.43. The summed E-state index contributed by atoms with van der Waals surface area (Å²) < 4.78 is 15.3. The summed E-state index contributed by atoms with van der Waals surface area (Å²) in [5, 5.41) is 11.5. The number of halogens is 2. The summed E-state index contributed by atoms with van der Waals surface area (Å²) in [6, 6.07) is 4.71. The number of aryl methyl sites for hydroxylation is 1. The number of aromatic nitrogens is 4. The molecule has 0 aliphatic carbocycles. The molecular weight excluding hydrogens is 301 g/mol. The average molecular weight is 314 g/mol. The molecule has 0 bridgehead atoms. The molecule has 0 unspecified atom stereocenters. The van der Waals surface area contributed by atoms with Crippen molar-refractivity contribution in [2.45, 2.75) is 19.4 Å². The number of benzene rings is 1. The summed E-state index contributed by atoms with van der Waals surface area (Å²) in [6.45, 7) is 1.36. The molecular formula is C11H13BrFN5. The first-order chi connectivity index (χ1) is 8.72. The van der Waals surface area contributed by atoms with Gasteiger partial charge >= 0.3 is 0 Å². The van der Waals surface area contributed by atoms with Crippen LogP contribution < -0.4 is 5.73 Å². The SMILES string of the molecule is NCCCCn1nnnc1-c1ccc(F)c(Br)c1. The van der Waals surface area contributed by atoms with E-state index in [1.165, 1.54) is 6.07 Å². The predicted octanol–water partition coefficient (Wildman–Crippen LogP) is 1.98. The molecule has 7 heteroatoms. The van der Waals surface area contributed by atoms with E-state index in [2.05, 4.69) is 31.5 Å². The van der Waals surface area contributed by atoms with Gasteiger partial charge in [-0.15, -0.1) is 5.10 Å². The number of nitrogens with zero attached hydrogens (tertiary/aromatic N) is 4. The third-order valence-electron chi connectivity index (χ3n) is 2.53. The molecule has 0 atom stereocenters. The van der Waals surface area contributed by atoms with Gasteiger partial charge in [0.15, 0.2) is 5.82 Å². The zero-order chi connectivity index (χ0) is 13.0. The molecule has 0 saturated heterocycles. The molecule has 5 nitrogen and oxygen atoms in total. The lowest BCUT2D eigenvalue weighted by atomic mass is 10.2. The van der Waals surface area contributed by atoms with E-state index in [-0.39, 0.29) is 5.82 Å². The van der Waals surface area contributed by atoms with E-state index in [1.54, 1.807) is 16.8 Å². The number of unbranched alkanes of at least 4 members (excludes halogenated alkanes) is 1.